The molecule has 0 aromatic carbocycles. The molecule has 0 radical (unpaired) electrons. The van der Waals surface area contributed by atoms with Crippen LogP contribution in [0.4, 0.5) is 0 Å². The number of nitrogens with one attached hydrogen (secondary N) is 5. The number of hydrogen-bond acceptors (Lipinski definition) is 6. The van der Waals surface area contributed by atoms with Crippen LogP contribution in [-0.4, -0.2) is 56.9 Å². The summed E-state index contributed by atoms with van der Waals surface area (Å²) in [4.78, 5) is 0. The van der Waals surface area contributed by atoms with Gasteiger partial charge >= 0.3 is 0 Å². The molecule has 6 heteroatoms. The van der Waals surface area contributed by atoms with E-state index in [-0.39, 0.29) is 6.29 Å². The van der Waals surface area contributed by atoms with Crippen molar-refractivity contribution in [3.8, 4) is 0 Å². The Morgan fingerprint density at radius 3 is 2.76 bits per heavy atom. The quantitative estimate of drug-likeness (QED) is 0.460. The van der Waals surface area contributed by atoms with Crippen molar-refractivity contribution in [3.63, 3.8) is 0 Å². The normalized spacial score (nSPS) is 46.5. The van der Waals surface area contributed by atoms with Gasteiger partial charge in [0, 0.05) is 37.2 Å². The van der Waals surface area contributed by atoms with Gasteiger partial charge < -0.3 is 15.4 Å². The van der Waals surface area contributed by atoms with Crippen molar-refractivity contribution in [3.05, 3.63) is 11.6 Å². The largest absolute Gasteiger partial charge is 0.377 e. The van der Waals surface area contributed by atoms with Crippen LogP contribution in [0.5, 0.6) is 0 Å². The first-order valence-corrected chi connectivity index (χ1v) is 12.0. The molecule has 4 rings (SSSR count). The second-order valence-electron chi connectivity index (χ2n) is 10.0. The third-order valence-corrected chi connectivity index (χ3v) is 7.87. The first kappa shape index (κ1) is 21.7. The molecule has 4 aliphatic rings. The first-order valence-electron chi connectivity index (χ1n) is 12.0. The maximum atomic E-state index is 6.45. The van der Waals surface area contributed by atoms with E-state index in [1.807, 2.05) is 7.05 Å². The van der Waals surface area contributed by atoms with Gasteiger partial charge in [0.15, 0.2) is 0 Å². The zero-order valence-corrected chi connectivity index (χ0v) is 18.8. The maximum Gasteiger partial charge on any atom is 0.113 e. The van der Waals surface area contributed by atoms with Crippen LogP contribution in [0.3, 0.4) is 0 Å². The van der Waals surface area contributed by atoms with E-state index >= 15 is 0 Å². The monoisotopic (exact) mass is 405 g/mol. The smallest absolute Gasteiger partial charge is 0.113 e. The second kappa shape index (κ2) is 9.75. The van der Waals surface area contributed by atoms with Gasteiger partial charge in [0.2, 0.25) is 0 Å². The topological polar surface area (TPSA) is 69.4 Å². The SMILES string of the molecule is CNC1CC(C)NC(NC2CC3CCCOC3C(C3=CCN[C@@H](C)CC3)C2C)N1. The van der Waals surface area contributed by atoms with E-state index in [9.17, 15) is 0 Å². The van der Waals surface area contributed by atoms with Gasteiger partial charge in [0.1, 0.15) is 6.29 Å². The standard InChI is InChI=1S/C23H43N5O/c1-14-7-8-17(9-10-25-14)21-16(3)19(13-18-6-5-11-29-22(18)21)27-23-26-15(2)12-20(24-4)28-23/h9,14-16,18-28H,5-8,10-13H2,1-4H3/t14-,15?,16?,18?,19?,20?,21?,22?,23?/m0/s1. The van der Waals surface area contributed by atoms with E-state index in [0.717, 1.165) is 19.6 Å². The predicted octanol–water partition coefficient (Wildman–Crippen LogP) is 1.89. The Labute approximate surface area is 177 Å². The zero-order chi connectivity index (χ0) is 20.4. The fourth-order valence-corrected chi connectivity index (χ4v) is 6.19. The summed E-state index contributed by atoms with van der Waals surface area (Å²) in [5.41, 5.74) is 1.64. The minimum atomic E-state index is 0.162. The lowest BCUT2D eigenvalue weighted by molar-refractivity contribution is -0.0971. The van der Waals surface area contributed by atoms with E-state index < -0.39 is 0 Å². The number of hydrogen-bond donors (Lipinski definition) is 5. The van der Waals surface area contributed by atoms with Gasteiger partial charge in [0.05, 0.1) is 12.3 Å². The first-order chi connectivity index (χ1) is 14.0. The lowest BCUT2D eigenvalue weighted by atomic mass is 9.64. The molecular formula is C23H43N5O. The fourth-order valence-electron chi connectivity index (χ4n) is 6.19. The van der Waals surface area contributed by atoms with E-state index in [4.69, 9.17) is 4.74 Å². The molecule has 3 fully saturated rings. The highest BCUT2D eigenvalue weighted by Crippen LogP contribution is 2.45. The Hall–Kier alpha value is -0.500. The molecule has 1 aliphatic carbocycles. The van der Waals surface area contributed by atoms with Crippen molar-refractivity contribution >= 4 is 0 Å². The van der Waals surface area contributed by atoms with E-state index in [1.54, 1.807) is 5.57 Å². The lowest BCUT2D eigenvalue weighted by Gasteiger charge is -2.50. The molecule has 3 heterocycles. The molecule has 5 N–H and O–H groups in total. The summed E-state index contributed by atoms with van der Waals surface area (Å²) in [5.74, 6) is 1.79. The molecule has 0 bridgehead atoms. The summed E-state index contributed by atoms with van der Waals surface area (Å²) in [5, 5.41) is 18.4. The molecule has 0 aromatic rings. The molecule has 6 nitrogen and oxygen atoms in total. The maximum absolute atomic E-state index is 6.45. The van der Waals surface area contributed by atoms with E-state index in [1.165, 1.54) is 32.1 Å². The molecule has 29 heavy (non-hydrogen) atoms. The van der Waals surface area contributed by atoms with Crippen LogP contribution in [0.25, 0.3) is 0 Å². The summed E-state index contributed by atoms with van der Waals surface area (Å²) in [6, 6.07) is 1.62. The van der Waals surface area contributed by atoms with Gasteiger partial charge in [0.25, 0.3) is 0 Å². The molecule has 0 amide bonds. The summed E-state index contributed by atoms with van der Waals surface area (Å²) in [6.45, 7) is 8.99. The number of fused-ring (bicyclic) bond motifs is 1. The molecule has 1 saturated carbocycles. The van der Waals surface area contributed by atoms with Gasteiger partial charge in [-0.3, -0.25) is 16.0 Å². The molecule has 0 aromatic heterocycles. The highest BCUT2D eigenvalue weighted by Gasteiger charge is 2.46. The average molecular weight is 406 g/mol. The fraction of sp³-hybridized carbons (Fsp3) is 0.913. The highest BCUT2D eigenvalue weighted by atomic mass is 16.5. The predicted molar refractivity (Wildman–Crippen MR) is 118 cm³/mol. The second-order valence-corrected chi connectivity index (χ2v) is 10.0. The van der Waals surface area contributed by atoms with Crippen LogP contribution in [0.2, 0.25) is 0 Å². The molecule has 166 valence electrons. The third kappa shape index (κ3) is 5.05. The molecule has 8 unspecified atom stereocenters. The summed E-state index contributed by atoms with van der Waals surface area (Å²) in [7, 11) is 2.05. The van der Waals surface area contributed by atoms with Crippen molar-refractivity contribution in [1.82, 2.24) is 26.6 Å². The molecule has 0 spiro atoms. The van der Waals surface area contributed by atoms with Gasteiger partial charge in [-0.2, -0.15) is 0 Å². The van der Waals surface area contributed by atoms with Crippen molar-refractivity contribution in [2.45, 2.75) is 96.0 Å². The molecule has 2 saturated heterocycles. The van der Waals surface area contributed by atoms with Gasteiger partial charge in [-0.25, -0.2) is 0 Å². The Balaban J connectivity index is 1.50. The molecule has 9 atom stereocenters. The summed E-state index contributed by atoms with van der Waals surface area (Å²) < 4.78 is 6.45. The summed E-state index contributed by atoms with van der Waals surface area (Å²) in [6.07, 6.45) is 10.7. The zero-order valence-electron chi connectivity index (χ0n) is 18.8. The Bertz CT molecular complexity index is 569. The molecular weight excluding hydrogens is 362 g/mol. The van der Waals surface area contributed by atoms with Gasteiger partial charge in [-0.1, -0.05) is 18.6 Å². The molecule has 3 aliphatic heterocycles. The number of ether oxygens (including phenoxy) is 1. The van der Waals surface area contributed by atoms with Crippen molar-refractivity contribution in [2.24, 2.45) is 17.8 Å². The van der Waals surface area contributed by atoms with Crippen molar-refractivity contribution < 1.29 is 4.74 Å². The van der Waals surface area contributed by atoms with Crippen LogP contribution in [0.15, 0.2) is 11.6 Å². The van der Waals surface area contributed by atoms with Crippen LogP contribution < -0.4 is 26.6 Å². The van der Waals surface area contributed by atoms with Crippen molar-refractivity contribution in [1.29, 1.82) is 0 Å². The van der Waals surface area contributed by atoms with E-state index in [0.29, 0.717) is 48.1 Å². The Kier molecular flexibility index (Phi) is 7.30. The summed E-state index contributed by atoms with van der Waals surface area (Å²) >= 11 is 0. The average Bonchev–Trinajstić information content (AvgIpc) is 2.92. The number of rotatable bonds is 4. The van der Waals surface area contributed by atoms with Crippen LogP contribution in [-0.2, 0) is 4.74 Å². The van der Waals surface area contributed by atoms with Gasteiger partial charge in [-0.15, -0.1) is 0 Å². The Morgan fingerprint density at radius 1 is 1.07 bits per heavy atom. The highest BCUT2D eigenvalue weighted by molar-refractivity contribution is 5.17. The van der Waals surface area contributed by atoms with Crippen molar-refractivity contribution in [2.75, 3.05) is 20.2 Å². The van der Waals surface area contributed by atoms with E-state index in [2.05, 4.69) is 53.4 Å². The van der Waals surface area contributed by atoms with Crippen LogP contribution >= 0.6 is 0 Å². The Morgan fingerprint density at radius 2 is 1.93 bits per heavy atom. The van der Waals surface area contributed by atoms with Gasteiger partial charge in [-0.05, 0) is 71.3 Å². The third-order valence-electron chi connectivity index (χ3n) is 7.87. The minimum Gasteiger partial charge on any atom is -0.377 e. The lowest BCUT2D eigenvalue weighted by Crippen LogP contribution is -2.69. The van der Waals surface area contributed by atoms with Crippen LogP contribution in [0, 0.1) is 17.8 Å². The minimum absolute atomic E-state index is 0.162. The van der Waals surface area contributed by atoms with Crippen LogP contribution in [0.1, 0.15) is 59.3 Å².